The van der Waals surface area contributed by atoms with Gasteiger partial charge in [0.25, 0.3) is 0 Å². The molecule has 0 spiro atoms. The first-order valence-corrected chi connectivity index (χ1v) is 10.3. The molecule has 148 valence electrons. The number of hydrogen-bond acceptors (Lipinski definition) is 6. The summed E-state index contributed by atoms with van der Waals surface area (Å²) >= 11 is 1.35. The third-order valence-electron chi connectivity index (χ3n) is 4.37. The predicted molar refractivity (Wildman–Crippen MR) is 113 cm³/mol. The highest BCUT2D eigenvalue weighted by Gasteiger charge is 2.20. The number of amides is 2. The van der Waals surface area contributed by atoms with Gasteiger partial charge < -0.3 is 10.1 Å². The van der Waals surface area contributed by atoms with Gasteiger partial charge in [-0.15, -0.1) is 0 Å². The summed E-state index contributed by atoms with van der Waals surface area (Å²) < 4.78 is 5.50. The third-order valence-corrected chi connectivity index (χ3v) is 5.36. The van der Waals surface area contributed by atoms with Crippen LogP contribution in [0.3, 0.4) is 0 Å². The van der Waals surface area contributed by atoms with Gasteiger partial charge in [0.15, 0.2) is 10.8 Å². The SMILES string of the molecule is Cc1nc(NC(=O)NCCOCC2CC2)sc1C#Cc1cnc2ncccc2c1. The number of hydrogen-bond donors (Lipinski definition) is 2. The van der Waals surface area contributed by atoms with Crippen LogP contribution in [0.2, 0.25) is 0 Å². The molecule has 3 aromatic rings. The molecule has 0 aliphatic heterocycles. The van der Waals surface area contributed by atoms with Crippen molar-refractivity contribution in [1.82, 2.24) is 20.3 Å². The molecule has 0 atom stereocenters. The average molecular weight is 407 g/mol. The number of rotatable bonds is 6. The third kappa shape index (κ3) is 5.50. The van der Waals surface area contributed by atoms with Crippen LogP contribution in [0.5, 0.6) is 0 Å². The van der Waals surface area contributed by atoms with Gasteiger partial charge in [-0.2, -0.15) is 0 Å². The van der Waals surface area contributed by atoms with E-state index >= 15 is 0 Å². The Hall–Kier alpha value is -3.02. The number of ether oxygens (including phenoxy) is 1. The van der Waals surface area contributed by atoms with Crippen molar-refractivity contribution in [3.63, 3.8) is 0 Å². The summed E-state index contributed by atoms with van der Waals surface area (Å²) in [6, 6.07) is 5.49. The Balaban J connectivity index is 1.32. The number of carbonyl (C=O) groups is 1. The first kappa shape index (κ1) is 19.3. The molecule has 2 amide bonds. The van der Waals surface area contributed by atoms with Gasteiger partial charge in [-0.1, -0.05) is 17.3 Å². The number of pyridine rings is 2. The van der Waals surface area contributed by atoms with E-state index in [4.69, 9.17) is 4.74 Å². The fourth-order valence-electron chi connectivity index (χ4n) is 2.64. The number of thiazole rings is 1. The quantitative estimate of drug-likeness (QED) is 0.483. The lowest BCUT2D eigenvalue weighted by Gasteiger charge is -2.05. The summed E-state index contributed by atoms with van der Waals surface area (Å²) in [5.74, 6) is 6.95. The molecule has 2 N–H and O–H groups in total. The van der Waals surface area contributed by atoms with Crippen molar-refractivity contribution in [1.29, 1.82) is 0 Å². The maximum atomic E-state index is 12.0. The lowest BCUT2D eigenvalue weighted by molar-refractivity contribution is 0.127. The smallest absolute Gasteiger partial charge is 0.321 e. The van der Waals surface area contributed by atoms with E-state index < -0.39 is 0 Å². The van der Waals surface area contributed by atoms with Crippen molar-refractivity contribution >= 4 is 33.5 Å². The van der Waals surface area contributed by atoms with Crippen LogP contribution in [-0.4, -0.2) is 40.7 Å². The van der Waals surface area contributed by atoms with Crippen LogP contribution in [0.15, 0.2) is 30.6 Å². The van der Waals surface area contributed by atoms with E-state index in [1.165, 1.54) is 24.2 Å². The van der Waals surface area contributed by atoms with Gasteiger partial charge in [-0.25, -0.2) is 19.7 Å². The molecule has 0 aromatic carbocycles. The van der Waals surface area contributed by atoms with Gasteiger partial charge in [0, 0.05) is 36.5 Å². The van der Waals surface area contributed by atoms with Crippen LogP contribution in [0.4, 0.5) is 9.93 Å². The molecule has 0 bridgehead atoms. The average Bonchev–Trinajstić information content (AvgIpc) is 3.48. The summed E-state index contributed by atoms with van der Waals surface area (Å²) in [5.41, 5.74) is 2.28. The van der Waals surface area contributed by atoms with Crippen LogP contribution in [0.1, 0.15) is 29.0 Å². The molecular formula is C21H21N5O2S. The second kappa shape index (κ2) is 8.99. The van der Waals surface area contributed by atoms with E-state index in [9.17, 15) is 4.79 Å². The minimum atomic E-state index is -0.292. The van der Waals surface area contributed by atoms with E-state index in [0.29, 0.717) is 23.9 Å². The molecule has 7 nitrogen and oxygen atoms in total. The summed E-state index contributed by atoms with van der Waals surface area (Å²) in [7, 11) is 0. The molecule has 1 aliphatic carbocycles. The van der Waals surface area contributed by atoms with Gasteiger partial charge >= 0.3 is 6.03 Å². The van der Waals surface area contributed by atoms with Crippen molar-refractivity contribution in [3.05, 3.63) is 46.7 Å². The Kier molecular flexibility index (Phi) is 5.98. The molecular weight excluding hydrogens is 386 g/mol. The van der Waals surface area contributed by atoms with Crippen LogP contribution in [0, 0.1) is 24.7 Å². The normalized spacial score (nSPS) is 13.0. The van der Waals surface area contributed by atoms with Crippen molar-refractivity contribution in [2.45, 2.75) is 19.8 Å². The number of urea groups is 1. The molecule has 0 unspecified atom stereocenters. The molecule has 1 aliphatic rings. The molecule has 1 saturated carbocycles. The van der Waals surface area contributed by atoms with Crippen LogP contribution in [0.25, 0.3) is 11.0 Å². The monoisotopic (exact) mass is 407 g/mol. The highest BCUT2D eigenvalue weighted by Crippen LogP contribution is 2.28. The molecule has 8 heteroatoms. The Morgan fingerprint density at radius 2 is 2.24 bits per heavy atom. The second-order valence-electron chi connectivity index (χ2n) is 6.86. The fraction of sp³-hybridized carbons (Fsp3) is 0.333. The zero-order chi connectivity index (χ0) is 20.1. The number of carbonyl (C=O) groups excluding carboxylic acids is 1. The minimum Gasteiger partial charge on any atom is -0.379 e. The molecule has 0 radical (unpaired) electrons. The highest BCUT2D eigenvalue weighted by atomic mass is 32.1. The Bertz CT molecular complexity index is 1080. The standard InChI is InChI=1S/C21H21N5O2S/c1-14-18(7-6-16-11-17-3-2-8-22-19(17)24-12-16)29-21(25-14)26-20(27)23-9-10-28-13-15-4-5-15/h2-3,8,11-12,15H,4-5,9-10,13H2,1H3,(H2,23,25,26,27). The van der Waals surface area contributed by atoms with Crippen molar-refractivity contribution < 1.29 is 9.53 Å². The van der Waals surface area contributed by atoms with Gasteiger partial charge in [0.1, 0.15) is 4.88 Å². The van der Waals surface area contributed by atoms with Crippen LogP contribution < -0.4 is 10.6 Å². The van der Waals surface area contributed by atoms with E-state index in [-0.39, 0.29) is 6.03 Å². The fourth-order valence-corrected chi connectivity index (χ4v) is 3.46. The molecule has 3 heterocycles. The maximum absolute atomic E-state index is 12.0. The van der Waals surface area contributed by atoms with Crippen molar-refractivity contribution in [2.24, 2.45) is 5.92 Å². The van der Waals surface area contributed by atoms with Crippen LogP contribution in [-0.2, 0) is 4.74 Å². The Morgan fingerprint density at radius 3 is 3.10 bits per heavy atom. The Morgan fingerprint density at radius 1 is 1.34 bits per heavy atom. The van der Waals surface area contributed by atoms with Gasteiger partial charge in [0.05, 0.1) is 12.3 Å². The number of aromatic nitrogens is 3. The lowest BCUT2D eigenvalue weighted by Crippen LogP contribution is -2.31. The number of anilines is 1. The topological polar surface area (TPSA) is 89.0 Å². The van der Waals surface area contributed by atoms with Crippen molar-refractivity contribution in [3.8, 4) is 11.8 Å². The zero-order valence-electron chi connectivity index (χ0n) is 16.1. The number of nitrogens with zero attached hydrogens (tertiary/aromatic N) is 3. The first-order chi connectivity index (χ1) is 14.2. The van der Waals surface area contributed by atoms with E-state index in [0.717, 1.165) is 34.0 Å². The number of aryl methyl sites for hydroxylation is 1. The van der Waals surface area contributed by atoms with Gasteiger partial charge in [0.2, 0.25) is 0 Å². The van der Waals surface area contributed by atoms with E-state index in [1.54, 1.807) is 12.4 Å². The summed E-state index contributed by atoms with van der Waals surface area (Å²) in [6.45, 7) is 3.66. The minimum absolute atomic E-state index is 0.292. The first-order valence-electron chi connectivity index (χ1n) is 9.50. The van der Waals surface area contributed by atoms with Gasteiger partial charge in [-0.3, -0.25) is 5.32 Å². The summed E-state index contributed by atoms with van der Waals surface area (Å²) in [4.78, 5) is 25.7. The van der Waals surface area contributed by atoms with E-state index in [1.807, 2.05) is 25.1 Å². The molecule has 1 fully saturated rings. The Labute approximate surface area is 172 Å². The zero-order valence-corrected chi connectivity index (χ0v) is 16.9. The summed E-state index contributed by atoms with van der Waals surface area (Å²) in [6.07, 6.45) is 5.94. The van der Waals surface area contributed by atoms with Crippen LogP contribution >= 0.6 is 11.3 Å². The second-order valence-corrected chi connectivity index (χ2v) is 7.86. The number of fused-ring (bicyclic) bond motifs is 1. The molecule has 3 aromatic heterocycles. The number of nitrogens with one attached hydrogen (secondary N) is 2. The summed E-state index contributed by atoms with van der Waals surface area (Å²) in [5, 5.41) is 6.98. The van der Waals surface area contributed by atoms with Gasteiger partial charge in [-0.05, 0) is 49.8 Å². The molecule has 0 saturated heterocycles. The predicted octanol–water partition coefficient (Wildman–Crippen LogP) is 3.34. The molecule has 29 heavy (non-hydrogen) atoms. The lowest BCUT2D eigenvalue weighted by atomic mass is 10.2. The van der Waals surface area contributed by atoms with Crippen molar-refractivity contribution in [2.75, 3.05) is 25.1 Å². The largest absolute Gasteiger partial charge is 0.379 e. The highest BCUT2D eigenvalue weighted by molar-refractivity contribution is 7.16. The maximum Gasteiger partial charge on any atom is 0.321 e. The van der Waals surface area contributed by atoms with E-state index in [2.05, 4.69) is 37.4 Å². The molecule has 4 rings (SSSR count).